The van der Waals surface area contributed by atoms with Crippen LogP contribution in [0.25, 0.3) is 10.9 Å². The number of phenolic OH excluding ortho intramolecular Hbond substituents is 1. The molecule has 2 aromatic rings. The van der Waals surface area contributed by atoms with Gasteiger partial charge in [0.05, 0.1) is 16.6 Å². The smallest absolute Gasteiger partial charge is 0.126 e. The maximum Gasteiger partial charge on any atom is 0.126 e. The van der Waals surface area contributed by atoms with Crippen molar-refractivity contribution in [2.45, 2.75) is 25.2 Å². The molecule has 3 nitrogen and oxygen atoms in total. The van der Waals surface area contributed by atoms with Gasteiger partial charge in [0, 0.05) is 11.4 Å². The minimum absolute atomic E-state index is 0.296. The molecule has 0 unspecified atom stereocenters. The normalized spacial score (nSPS) is 11.5. The zero-order valence-electron chi connectivity index (χ0n) is 8.74. The lowest BCUT2D eigenvalue weighted by Gasteiger charge is -2.08. The van der Waals surface area contributed by atoms with Gasteiger partial charge in [-0.15, -0.1) is 0 Å². The summed E-state index contributed by atoms with van der Waals surface area (Å²) in [5.41, 5.74) is 1.87. The van der Waals surface area contributed by atoms with Gasteiger partial charge in [0.1, 0.15) is 5.75 Å². The Labute approximate surface area is 96.8 Å². The second-order valence-electron chi connectivity index (χ2n) is 3.79. The summed E-state index contributed by atoms with van der Waals surface area (Å²) in [6.45, 7) is 4.16. The van der Waals surface area contributed by atoms with Gasteiger partial charge in [0.2, 0.25) is 0 Å². The molecule has 1 N–H and O–H groups in total. The fourth-order valence-corrected chi connectivity index (χ4v) is 2.29. The molecule has 0 aliphatic rings. The molecule has 0 amide bonds. The summed E-state index contributed by atoms with van der Waals surface area (Å²) in [6, 6.07) is 5.72. The first-order chi connectivity index (χ1) is 7.15. The Balaban J connectivity index is 2.80. The molecule has 0 spiro atoms. The van der Waals surface area contributed by atoms with Crippen molar-refractivity contribution in [1.82, 2.24) is 9.78 Å². The summed E-state index contributed by atoms with van der Waals surface area (Å²) < 4.78 is 1.94. The second kappa shape index (κ2) is 3.85. The Kier molecular flexibility index (Phi) is 2.69. The van der Waals surface area contributed by atoms with E-state index in [9.17, 15) is 5.11 Å². The van der Waals surface area contributed by atoms with Gasteiger partial charge in [-0.25, -0.2) is 0 Å². The predicted molar refractivity (Wildman–Crippen MR) is 64.4 cm³/mol. The third-order valence-electron chi connectivity index (χ3n) is 2.42. The summed E-state index contributed by atoms with van der Waals surface area (Å²) in [5, 5.41) is 15.8. The van der Waals surface area contributed by atoms with Crippen molar-refractivity contribution < 1.29 is 5.11 Å². The third kappa shape index (κ3) is 1.63. The molecular formula is C11H13BrN2O. The summed E-state index contributed by atoms with van der Waals surface area (Å²) >= 11 is 3.44. The van der Waals surface area contributed by atoms with Gasteiger partial charge in [0.25, 0.3) is 0 Å². The lowest BCUT2D eigenvalue weighted by Crippen LogP contribution is -2.05. The van der Waals surface area contributed by atoms with E-state index in [1.807, 2.05) is 16.8 Å². The van der Waals surface area contributed by atoms with E-state index in [0.717, 1.165) is 16.6 Å². The van der Waals surface area contributed by atoms with Gasteiger partial charge >= 0.3 is 0 Å². The number of fused-ring (bicyclic) bond motifs is 1. The Bertz CT molecular complexity index is 491. The highest BCUT2D eigenvalue weighted by Crippen LogP contribution is 2.30. The van der Waals surface area contributed by atoms with Crippen LogP contribution in [-0.4, -0.2) is 14.9 Å². The van der Waals surface area contributed by atoms with Crippen LogP contribution >= 0.6 is 15.9 Å². The van der Waals surface area contributed by atoms with Crippen molar-refractivity contribution in [3.8, 4) is 5.75 Å². The van der Waals surface area contributed by atoms with Gasteiger partial charge in [0.15, 0.2) is 0 Å². The van der Waals surface area contributed by atoms with Gasteiger partial charge in [-0.3, -0.25) is 4.68 Å². The van der Waals surface area contributed by atoms with E-state index in [2.05, 4.69) is 34.9 Å². The van der Waals surface area contributed by atoms with Crippen LogP contribution in [0.15, 0.2) is 18.2 Å². The van der Waals surface area contributed by atoms with Gasteiger partial charge in [-0.1, -0.05) is 22.0 Å². The van der Waals surface area contributed by atoms with Crippen molar-refractivity contribution >= 4 is 26.8 Å². The Morgan fingerprint density at radius 1 is 1.47 bits per heavy atom. The first-order valence-electron chi connectivity index (χ1n) is 4.90. The molecule has 0 saturated carbocycles. The zero-order chi connectivity index (χ0) is 11.0. The second-order valence-corrected chi connectivity index (χ2v) is 4.35. The molecule has 0 saturated heterocycles. The Morgan fingerprint density at radius 3 is 2.80 bits per heavy atom. The van der Waals surface area contributed by atoms with Gasteiger partial charge in [-0.05, 0) is 26.0 Å². The van der Waals surface area contributed by atoms with Crippen molar-refractivity contribution in [2.75, 3.05) is 0 Å². The summed E-state index contributed by atoms with van der Waals surface area (Å²) in [5.74, 6) is 0.300. The molecule has 0 aliphatic carbocycles. The van der Waals surface area contributed by atoms with Crippen molar-refractivity contribution in [3.63, 3.8) is 0 Å². The van der Waals surface area contributed by atoms with Crippen LogP contribution in [0.4, 0.5) is 0 Å². The number of phenols is 1. The monoisotopic (exact) mass is 268 g/mol. The largest absolute Gasteiger partial charge is 0.507 e. The van der Waals surface area contributed by atoms with Crippen LogP contribution in [0.2, 0.25) is 0 Å². The maximum absolute atomic E-state index is 9.80. The quantitative estimate of drug-likeness (QED) is 0.850. The topological polar surface area (TPSA) is 38.0 Å². The number of alkyl halides is 1. The number of hydrogen-bond acceptors (Lipinski definition) is 2. The molecule has 1 aromatic heterocycles. The van der Waals surface area contributed by atoms with Gasteiger partial charge in [-0.2, -0.15) is 5.10 Å². The maximum atomic E-state index is 9.80. The van der Waals surface area contributed by atoms with Crippen molar-refractivity contribution in [1.29, 1.82) is 0 Å². The molecule has 0 atom stereocenters. The highest BCUT2D eigenvalue weighted by molar-refractivity contribution is 9.08. The fourth-order valence-electron chi connectivity index (χ4n) is 1.75. The number of rotatable bonds is 2. The minimum Gasteiger partial charge on any atom is -0.507 e. The molecule has 1 heterocycles. The van der Waals surface area contributed by atoms with E-state index in [0.29, 0.717) is 17.1 Å². The number of aromatic hydroxyl groups is 1. The van der Waals surface area contributed by atoms with Crippen LogP contribution in [0.3, 0.4) is 0 Å². The van der Waals surface area contributed by atoms with E-state index in [1.165, 1.54) is 0 Å². The predicted octanol–water partition coefficient (Wildman–Crippen LogP) is 3.22. The third-order valence-corrected chi connectivity index (χ3v) is 2.95. The van der Waals surface area contributed by atoms with Crippen molar-refractivity contribution in [3.05, 3.63) is 23.9 Å². The molecule has 4 heteroatoms. The molecule has 0 radical (unpaired) electrons. The molecule has 0 fully saturated rings. The van der Waals surface area contributed by atoms with Gasteiger partial charge < -0.3 is 5.11 Å². The summed E-state index contributed by atoms with van der Waals surface area (Å²) in [7, 11) is 0. The van der Waals surface area contributed by atoms with Crippen LogP contribution in [0.5, 0.6) is 5.75 Å². The SMILES string of the molecule is CC(C)n1nc2cccc(O)c2c1CBr. The summed E-state index contributed by atoms with van der Waals surface area (Å²) in [4.78, 5) is 0. The summed E-state index contributed by atoms with van der Waals surface area (Å²) in [6.07, 6.45) is 0. The van der Waals surface area contributed by atoms with E-state index in [1.54, 1.807) is 6.07 Å². The molecule has 1 aromatic carbocycles. The molecule has 0 aliphatic heterocycles. The first-order valence-corrected chi connectivity index (χ1v) is 6.02. The number of hydrogen-bond donors (Lipinski definition) is 1. The van der Waals surface area contributed by atoms with Crippen LogP contribution in [0, 0.1) is 0 Å². The molecule has 15 heavy (non-hydrogen) atoms. The van der Waals surface area contributed by atoms with Crippen LogP contribution < -0.4 is 0 Å². The average Bonchev–Trinajstić information content (AvgIpc) is 2.57. The zero-order valence-corrected chi connectivity index (χ0v) is 10.3. The molecule has 2 rings (SSSR count). The Morgan fingerprint density at radius 2 is 2.20 bits per heavy atom. The van der Waals surface area contributed by atoms with E-state index < -0.39 is 0 Å². The highest BCUT2D eigenvalue weighted by atomic mass is 79.9. The van der Waals surface area contributed by atoms with Crippen LogP contribution in [-0.2, 0) is 5.33 Å². The van der Waals surface area contributed by atoms with E-state index in [4.69, 9.17) is 0 Å². The molecule has 0 bridgehead atoms. The first kappa shape index (κ1) is 10.5. The number of nitrogens with zero attached hydrogens (tertiary/aromatic N) is 2. The number of aromatic nitrogens is 2. The standard InChI is InChI=1S/C11H13BrN2O/c1-7(2)14-9(6-12)11-8(13-14)4-3-5-10(11)15/h3-5,7,15H,6H2,1-2H3. The lowest BCUT2D eigenvalue weighted by molar-refractivity contribution is 0.480. The lowest BCUT2D eigenvalue weighted by atomic mass is 10.2. The van der Waals surface area contributed by atoms with E-state index >= 15 is 0 Å². The number of benzene rings is 1. The Hall–Kier alpha value is -1.03. The average molecular weight is 269 g/mol. The molecular weight excluding hydrogens is 256 g/mol. The van der Waals surface area contributed by atoms with E-state index in [-0.39, 0.29) is 0 Å². The van der Waals surface area contributed by atoms with Crippen LogP contribution in [0.1, 0.15) is 25.6 Å². The molecule has 80 valence electrons. The van der Waals surface area contributed by atoms with Crippen molar-refractivity contribution in [2.24, 2.45) is 0 Å². The number of halogens is 1. The highest BCUT2D eigenvalue weighted by Gasteiger charge is 2.14. The fraction of sp³-hybridized carbons (Fsp3) is 0.364. The minimum atomic E-state index is 0.296.